The zero-order valence-electron chi connectivity index (χ0n) is 14.4. The standard InChI is InChI=1S/C20H32N2/c1-3-17(2)21-13-15-22(16-14-21)20-11-9-19(10-12-20)18-7-5-4-6-8-18/h4-8,17,19-20H,3,9-16H2,1-2H3. The second-order valence-corrected chi connectivity index (χ2v) is 7.25. The van der Waals surface area contributed by atoms with Crippen LogP contribution >= 0.6 is 0 Å². The van der Waals surface area contributed by atoms with Gasteiger partial charge in [0.2, 0.25) is 0 Å². The molecule has 1 saturated carbocycles. The minimum absolute atomic E-state index is 0.760. The van der Waals surface area contributed by atoms with Crippen molar-refractivity contribution >= 4 is 0 Å². The first-order valence-corrected chi connectivity index (χ1v) is 9.31. The lowest BCUT2D eigenvalue weighted by Gasteiger charge is -2.43. The smallest absolute Gasteiger partial charge is 0.0113 e. The van der Waals surface area contributed by atoms with E-state index in [-0.39, 0.29) is 0 Å². The first kappa shape index (κ1) is 16.0. The Kier molecular flexibility index (Phi) is 5.54. The summed E-state index contributed by atoms with van der Waals surface area (Å²) in [5.41, 5.74) is 1.56. The first-order valence-electron chi connectivity index (χ1n) is 9.31. The maximum Gasteiger partial charge on any atom is 0.0113 e. The molecule has 0 N–H and O–H groups in total. The molecule has 22 heavy (non-hydrogen) atoms. The van der Waals surface area contributed by atoms with E-state index < -0.39 is 0 Å². The Hall–Kier alpha value is -0.860. The van der Waals surface area contributed by atoms with Crippen molar-refractivity contribution in [3.05, 3.63) is 35.9 Å². The molecular weight excluding hydrogens is 268 g/mol. The molecule has 1 heterocycles. The Bertz CT molecular complexity index is 428. The summed E-state index contributed by atoms with van der Waals surface area (Å²) in [6.45, 7) is 9.79. The van der Waals surface area contributed by atoms with Crippen molar-refractivity contribution in [3.63, 3.8) is 0 Å². The van der Waals surface area contributed by atoms with E-state index in [4.69, 9.17) is 0 Å². The lowest BCUT2D eigenvalue weighted by atomic mass is 9.81. The summed E-state index contributed by atoms with van der Waals surface area (Å²) in [6, 6.07) is 12.7. The van der Waals surface area contributed by atoms with Crippen molar-refractivity contribution in [2.75, 3.05) is 26.2 Å². The van der Waals surface area contributed by atoms with Crippen LogP contribution in [0.15, 0.2) is 30.3 Å². The van der Waals surface area contributed by atoms with Crippen molar-refractivity contribution < 1.29 is 0 Å². The fourth-order valence-corrected chi connectivity index (χ4v) is 4.30. The van der Waals surface area contributed by atoms with Gasteiger partial charge in [0.15, 0.2) is 0 Å². The molecule has 2 fully saturated rings. The summed E-state index contributed by atoms with van der Waals surface area (Å²) < 4.78 is 0. The molecule has 0 radical (unpaired) electrons. The molecule has 0 aromatic heterocycles. The summed E-state index contributed by atoms with van der Waals surface area (Å²) >= 11 is 0. The molecule has 122 valence electrons. The van der Waals surface area contributed by atoms with E-state index in [2.05, 4.69) is 54.0 Å². The molecule has 1 aliphatic carbocycles. The van der Waals surface area contributed by atoms with Gasteiger partial charge in [-0.25, -0.2) is 0 Å². The third-order valence-corrected chi connectivity index (χ3v) is 6.05. The first-order chi connectivity index (χ1) is 10.8. The average Bonchev–Trinajstić information content (AvgIpc) is 2.62. The van der Waals surface area contributed by atoms with Crippen molar-refractivity contribution in [1.82, 2.24) is 9.80 Å². The molecular formula is C20H32N2. The number of piperazine rings is 1. The van der Waals surface area contributed by atoms with E-state index in [1.54, 1.807) is 5.56 Å². The lowest BCUT2D eigenvalue weighted by Crippen LogP contribution is -2.53. The highest BCUT2D eigenvalue weighted by atomic mass is 15.3. The number of hydrogen-bond donors (Lipinski definition) is 0. The van der Waals surface area contributed by atoms with Crippen LogP contribution in [0.2, 0.25) is 0 Å². The van der Waals surface area contributed by atoms with E-state index in [0.717, 1.165) is 18.0 Å². The van der Waals surface area contributed by atoms with Crippen LogP contribution in [0.25, 0.3) is 0 Å². The zero-order chi connectivity index (χ0) is 15.4. The van der Waals surface area contributed by atoms with Crippen molar-refractivity contribution in [2.45, 2.75) is 64.0 Å². The van der Waals surface area contributed by atoms with Crippen molar-refractivity contribution in [3.8, 4) is 0 Å². The third-order valence-electron chi connectivity index (χ3n) is 6.05. The SMILES string of the molecule is CCC(C)N1CCN(C2CCC(c3ccccc3)CC2)CC1. The Morgan fingerprint density at radius 3 is 2.18 bits per heavy atom. The van der Waals surface area contributed by atoms with E-state index in [1.165, 1.54) is 58.3 Å². The second kappa shape index (κ2) is 7.61. The second-order valence-electron chi connectivity index (χ2n) is 7.25. The molecule has 1 atom stereocenters. The van der Waals surface area contributed by atoms with Gasteiger partial charge in [0.05, 0.1) is 0 Å². The minimum atomic E-state index is 0.760. The van der Waals surface area contributed by atoms with Crippen molar-refractivity contribution in [1.29, 1.82) is 0 Å². The largest absolute Gasteiger partial charge is 0.298 e. The molecule has 3 rings (SSSR count). The van der Waals surface area contributed by atoms with Crippen LogP contribution in [0, 0.1) is 0 Å². The molecule has 0 amide bonds. The van der Waals surface area contributed by atoms with Gasteiger partial charge >= 0.3 is 0 Å². The van der Waals surface area contributed by atoms with E-state index in [9.17, 15) is 0 Å². The minimum Gasteiger partial charge on any atom is -0.298 e. The molecule has 2 nitrogen and oxygen atoms in total. The highest BCUT2D eigenvalue weighted by molar-refractivity contribution is 5.20. The van der Waals surface area contributed by atoms with Crippen LogP contribution in [0.5, 0.6) is 0 Å². The Morgan fingerprint density at radius 1 is 0.955 bits per heavy atom. The van der Waals surface area contributed by atoms with Crippen molar-refractivity contribution in [2.24, 2.45) is 0 Å². The molecule has 1 aromatic rings. The van der Waals surface area contributed by atoms with Gasteiger partial charge in [-0.2, -0.15) is 0 Å². The van der Waals surface area contributed by atoms with Crippen LogP contribution in [0.4, 0.5) is 0 Å². The Balaban J connectivity index is 1.46. The summed E-state index contributed by atoms with van der Waals surface area (Å²) in [6.07, 6.45) is 6.81. The topological polar surface area (TPSA) is 6.48 Å². The van der Waals surface area contributed by atoms with Gasteiger partial charge in [-0.3, -0.25) is 9.80 Å². The van der Waals surface area contributed by atoms with E-state index in [0.29, 0.717) is 0 Å². The van der Waals surface area contributed by atoms with Crippen LogP contribution in [-0.4, -0.2) is 48.1 Å². The maximum absolute atomic E-state index is 2.78. The molecule has 1 saturated heterocycles. The number of hydrogen-bond acceptors (Lipinski definition) is 2. The van der Waals surface area contributed by atoms with Gasteiger partial charge in [0.25, 0.3) is 0 Å². The summed E-state index contributed by atoms with van der Waals surface area (Å²) in [7, 11) is 0. The monoisotopic (exact) mass is 300 g/mol. The molecule has 2 aliphatic rings. The fraction of sp³-hybridized carbons (Fsp3) is 0.700. The predicted octanol–water partition coefficient (Wildman–Crippen LogP) is 4.13. The van der Waals surface area contributed by atoms with Gasteiger partial charge in [-0.15, -0.1) is 0 Å². The molecule has 0 spiro atoms. The van der Waals surface area contributed by atoms with Gasteiger partial charge in [-0.05, 0) is 50.5 Å². The predicted molar refractivity (Wildman–Crippen MR) is 94.3 cm³/mol. The highest BCUT2D eigenvalue weighted by Gasteiger charge is 2.29. The van der Waals surface area contributed by atoms with Crippen LogP contribution in [0.1, 0.15) is 57.4 Å². The number of rotatable bonds is 4. The third kappa shape index (κ3) is 3.72. The number of nitrogens with zero attached hydrogens (tertiary/aromatic N) is 2. The zero-order valence-corrected chi connectivity index (χ0v) is 14.4. The van der Waals surface area contributed by atoms with Crippen LogP contribution in [0.3, 0.4) is 0 Å². The molecule has 1 unspecified atom stereocenters. The number of benzene rings is 1. The highest BCUT2D eigenvalue weighted by Crippen LogP contribution is 2.34. The van der Waals surface area contributed by atoms with Gasteiger partial charge < -0.3 is 0 Å². The molecule has 0 bridgehead atoms. The van der Waals surface area contributed by atoms with E-state index in [1.807, 2.05) is 0 Å². The molecule has 1 aliphatic heterocycles. The Labute approximate surface area is 136 Å². The lowest BCUT2D eigenvalue weighted by molar-refractivity contribution is 0.0574. The van der Waals surface area contributed by atoms with Crippen LogP contribution < -0.4 is 0 Å². The van der Waals surface area contributed by atoms with E-state index >= 15 is 0 Å². The maximum atomic E-state index is 2.78. The molecule has 2 heteroatoms. The summed E-state index contributed by atoms with van der Waals surface area (Å²) in [5, 5.41) is 0. The van der Waals surface area contributed by atoms with Gasteiger partial charge in [0.1, 0.15) is 0 Å². The fourth-order valence-electron chi connectivity index (χ4n) is 4.30. The summed E-state index contributed by atoms with van der Waals surface area (Å²) in [5.74, 6) is 0.804. The Morgan fingerprint density at radius 2 is 1.59 bits per heavy atom. The van der Waals surface area contributed by atoms with Gasteiger partial charge in [-0.1, -0.05) is 37.3 Å². The van der Waals surface area contributed by atoms with Gasteiger partial charge in [0, 0.05) is 38.3 Å². The molecule has 1 aromatic carbocycles. The average molecular weight is 300 g/mol. The quantitative estimate of drug-likeness (QED) is 0.825. The summed E-state index contributed by atoms with van der Waals surface area (Å²) in [4.78, 5) is 5.45. The normalized spacial score (nSPS) is 29.4. The van der Waals surface area contributed by atoms with Crippen LogP contribution in [-0.2, 0) is 0 Å².